The molecule has 8 nitrogen and oxygen atoms in total. The molecule has 154 valence electrons. The van der Waals surface area contributed by atoms with Gasteiger partial charge < -0.3 is 0 Å². The van der Waals surface area contributed by atoms with E-state index in [0.717, 1.165) is 22.5 Å². The third-order valence-electron chi connectivity index (χ3n) is 5.02. The normalized spacial score (nSPS) is 15.8. The minimum Gasteiger partial charge on any atom is -0.258 e. The summed E-state index contributed by atoms with van der Waals surface area (Å²) in [6.45, 7) is 0. The standard InChI is InChI=1S/C23H18N4O4/c28-26(29)21-12-7-17(8-13-21)6-11-19-16-23(18-9-14-22(15-10-18)27(30)31)25(24-19)20-4-2-1-3-5-20/h1-15,23H,16H2/b11-6+. The number of nitro groups is 2. The van der Waals surface area contributed by atoms with Gasteiger partial charge in [-0.2, -0.15) is 5.10 Å². The number of hydrogen-bond acceptors (Lipinski definition) is 6. The highest BCUT2D eigenvalue weighted by atomic mass is 16.6. The van der Waals surface area contributed by atoms with E-state index < -0.39 is 9.85 Å². The molecule has 4 rings (SSSR count). The number of hydrazone groups is 1. The van der Waals surface area contributed by atoms with E-state index in [2.05, 4.69) is 0 Å². The lowest BCUT2D eigenvalue weighted by atomic mass is 10.0. The van der Waals surface area contributed by atoms with E-state index in [1.165, 1.54) is 24.3 Å². The molecule has 0 aliphatic carbocycles. The molecule has 1 aliphatic heterocycles. The Labute approximate surface area is 178 Å². The number of para-hydroxylation sites is 1. The van der Waals surface area contributed by atoms with Crippen LogP contribution in [-0.2, 0) is 0 Å². The number of hydrogen-bond donors (Lipinski definition) is 0. The second kappa shape index (κ2) is 8.58. The molecule has 8 heteroatoms. The molecule has 0 N–H and O–H groups in total. The molecule has 1 atom stereocenters. The van der Waals surface area contributed by atoms with E-state index in [4.69, 9.17) is 5.10 Å². The zero-order valence-electron chi connectivity index (χ0n) is 16.4. The molecule has 0 bridgehead atoms. The van der Waals surface area contributed by atoms with Gasteiger partial charge in [0.05, 0.1) is 27.3 Å². The maximum Gasteiger partial charge on any atom is 0.269 e. The molecular formula is C23H18N4O4. The van der Waals surface area contributed by atoms with Gasteiger partial charge in [-0.15, -0.1) is 0 Å². The summed E-state index contributed by atoms with van der Waals surface area (Å²) in [4.78, 5) is 20.9. The molecule has 31 heavy (non-hydrogen) atoms. The van der Waals surface area contributed by atoms with Crippen LogP contribution in [0.15, 0.2) is 90.0 Å². The molecule has 1 aliphatic rings. The molecule has 0 aromatic heterocycles. The molecule has 1 unspecified atom stereocenters. The van der Waals surface area contributed by atoms with Crippen molar-refractivity contribution in [3.8, 4) is 0 Å². The Kier molecular flexibility index (Phi) is 5.53. The van der Waals surface area contributed by atoms with Crippen LogP contribution in [0.2, 0.25) is 0 Å². The van der Waals surface area contributed by atoms with Crippen LogP contribution < -0.4 is 5.01 Å². The molecule has 0 spiro atoms. The largest absolute Gasteiger partial charge is 0.269 e. The number of benzene rings is 3. The number of rotatable bonds is 6. The maximum atomic E-state index is 11.0. The van der Waals surface area contributed by atoms with Gasteiger partial charge in [0.2, 0.25) is 0 Å². The maximum absolute atomic E-state index is 11.0. The van der Waals surface area contributed by atoms with Crippen molar-refractivity contribution in [3.63, 3.8) is 0 Å². The van der Waals surface area contributed by atoms with Gasteiger partial charge in [0.25, 0.3) is 11.4 Å². The van der Waals surface area contributed by atoms with E-state index in [-0.39, 0.29) is 17.4 Å². The second-order valence-corrected chi connectivity index (χ2v) is 7.02. The van der Waals surface area contributed by atoms with Crippen molar-refractivity contribution in [3.05, 3.63) is 116 Å². The molecule has 0 saturated heterocycles. The monoisotopic (exact) mass is 414 g/mol. The Bertz CT molecular complexity index is 1160. The van der Waals surface area contributed by atoms with Gasteiger partial charge in [-0.1, -0.05) is 36.4 Å². The number of allylic oxidation sites excluding steroid dienone is 1. The third-order valence-corrected chi connectivity index (χ3v) is 5.02. The highest BCUT2D eigenvalue weighted by Crippen LogP contribution is 2.36. The van der Waals surface area contributed by atoms with Gasteiger partial charge in [-0.25, -0.2) is 0 Å². The summed E-state index contributed by atoms with van der Waals surface area (Å²) in [6, 6.07) is 22.5. The number of non-ortho nitro benzene ring substituents is 2. The summed E-state index contributed by atoms with van der Waals surface area (Å²) in [5.41, 5.74) is 3.61. The average Bonchev–Trinajstić information content (AvgIpc) is 3.23. The van der Waals surface area contributed by atoms with Crippen LogP contribution >= 0.6 is 0 Å². The Hall–Kier alpha value is -4.33. The van der Waals surface area contributed by atoms with E-state index in [1.54, 1.807) is 24.3 Å². The summed E-state index contributed by atoms with van der Waals surface area (Å²) < 4.78 is 0. The first kappa shape index (κ1) is 20.0. The molecule has 1 heterocycles. The fourth-order valence-corrected chi connectivity index (χ4v) is 3.43. The number of nitrogens with zero attached hydrogens (tertiary/aromatic N) is 4. The number of nitro benzene ring substituents is 2. The summed E-state index contributed by atoms with van der Waals surface area (Å²) in [5, 5.41) is 28.4. The zero-order chi connectivity index (χ0) is 21.8. The summed E-state index contributed by atoms with van der Waals surface area (Å²) in [7, 11) is 0. The average molecular weight is 414 g/mol. The molecule has 0 saturated carbocycles. The minimum absolute atomic E-state index is 0.0452. The summed E-state index contributed by atoms with van der Waals surface area (Å²) in [5.74, 6) is 0. The van der Waals surface area contributed by atoms with Gasteiger partial charge in [-0.3, -0.25) is 25.2 Å². The van der Waals surface area contributed by atoms with Gasteiger partial charge in [-0.05, 0) is 41.5 Å². The third kappa shape index (κ3) is 4.48. The van der Waals surface area contributed by atoms with Crippen LogP contribution in [0.3, 0.4) is 0 Å². The van der Waals surface area contributed by atoms with Crippen molar-refractivity contribution in [2.24, 2.45) is 5.10 Å². The highest BCUT2D eigenvalue weighted by molar-refractivity contribution is 6.01. The van der Waals surface area contributed by atoms with E-state index >= 15 is 0 Å². The Morgan fingerprint density at radius 2 is 1.39 bits per heavy atom. The van der Waals surface area contributed by atoms with Crippen molar-refractivity contribution in [1.82, 2.24) is 0 Å². The Morgan fingerprint density at radius 1 is 0.806 bits per heavy atom. The number of anilines is 1. The first-order valence-electron chi connectivity index (χ1n) is 9.60. The smallest absolute Gasteiger partial charge is 0.258 e. The highest BCUT2D eigenvalue weighted by Gasteiger charge is 2.28. The predicted molar refractivity (Wildman–Crippen MR) is 119 cm³/mol. The van der Waals surface area contributed by atoms with E-state index in [0.29, 0.717) is 6.42 Å². The quantitative estimate of drug-likeness (QED) is 0.390. The summed E-state index contributed by atoms with van der Waals surface area (Å²) in [6.07, 6.45) is 4.38. The van der Waals surface area contributed by atoms with E-state index in [1.807, 2.05) is 47.5 Å². The summed E-state index contributed by atoms with van der Waals surface area (Å²) >= 11 is 0. The minimum atomic E-state index is -0.429. The first-order chi connectivity index (χ1) is 15.0. The van der Waals surface area contributed by atoms with Crippen molar-refractivity contribution in [2.45, 2.75) is 12.5 Å². The van der Waals surface area contributed by atoms with Crippen LogP contribution in [0.5, 0.6) is 0 Å². The van der Waals surface area contributed by atoms with Crippen LogP contribution in [0.4, 0.5) is 17.1 Å². The molecular weight excluding hydrogens is 396 g/mol. The van der Waals surface area contributed by atoms with Crippen LogP contribution in [0, 0.1) is 20.2 Å². The molecule has 0 amide bonds. The second-order valence-electron chi connectivity index (χ2n) is 7.02. The molecule has 3 aromatic carbocycles. The lowest BCUT2D eigenvalue weighted by Gasteiger charge is -2.23. The van der Waals surface area contributed by atoms with Gasteiger partial charge >= 0.3 is 0 Å². The first-order valence-corrected chi connectivity index (χ1v) is 9.60. The lowest BCUT2D eigenvalue weighted by molar-refractivity contribution is -0.385. The van der Waals surface area contributed by atoms with Crippen LogP contribution in [0.25, 0.3) is 6.08 Å². The van der Waals surface area contributed by atoms with Gasteiger partial charge in [0.1, 0.15) is 0 Å². The van der Waals surface area contributed by atoms with E-state index in [9.17, 15) is 20.2 Å². The van der Waals surface area contributed by atoms with Crippen molar-refractivity contribution in [1.29, 1.82) is 0 Å². The van der Waals surface area contributed by atoms with Crippen molar-refractivity contribution >= 4 is 28.8 Å². The molecule has 0 fully saturated rings. The fraction of sp³-hybridized carbons (Fsp3) is 0.0870. The lowest BCUT2D eigenvalue weighted by Crippen LogP contribution is -2.18. The fourth-order valence-electron chi connectivity index (χ4n) is 3.43. The Morgan fingerprint density at radius 3 is 1.97 bits per heavy atom. The van der Waals surface area contributed by atoms with Crippen molar-refractivity contribution in [2.75, 3.05) is 5.01 Å². The molecule has 3 aromatic rings. The van der Waals surface area contributed by atoms with Gasteiger partial charge in [0, 0.05) is 30.7 Å². The SMILES string of the molecule is O=[N+]([O-])c1ccc(/C=C/C2=NN(c3ccccc3)C(c3ccc([N+](=O)[O-])cc3)C2)cc1. The Balaban J connectivity index is 1.60. The van der Waals surface area contributed by atoms with Gasteiger partial charge in [0.15, 0.2) is 0 Å². The zero-order valence-corrected chi connectivity index (χ0v) is 16.4. The predicted octanol–water partition coefficient (Wildman–Crippen LogP) is 5.52. The topological polar surface area (TPSA) is 102 Å². The van der Waals surface area contributed by atoms with Crippen LogP contribution in [-0.4, -0.2) is 15.6 Å². The van der Waals surface area contributed by atoms with Crippen molar-refractivity contribution < 1.29 is 9.85 Å². The van der Waals surface area contributed by atoms with Crippen LogP contribution in [0.1, 0.15) is 23.6 Å². The molecule has 0 radical (unpaired) electrons.